The maximum absolute atomic E-state index is 12.4. The predicted molar refractivity (Wildman–Crippen MR) is 127 cm³/mol. The van der Waals surface area contributed by atoms with Crippen molar-refractivity contribution in [3.05, 3.63) is 28.1 Å². The van der Waals surface area contributed by atoms with Crippen LogP contribution in [0.3, 0.4) is 0 Å². The number of thiophene rings is 1. The van der Waals surface area contributed by atoms with Gasteiger partial charge in [-0.3, -0.25) is 29.3 Å². The zero-order valence-corrected chi connectivity index (χ0v) is 21.4. The fourth-order valence-corrected chi connectivity index (χ4v) is 5.12. The summed E-state index contributed by atoms with van der Waals surface area (Å²) in [5.41, 5.74) is -0.934. The van der Waals surface area contributed by atoms with Crippen molar-refractivity contribution in [2.75, 3.05) is 6.61 Å². The molecule has 12 nitrogen and oxygen atoms in total. The quantitative estimate of drug-likeness (QED) is 0.303. The summed E-state index contributed by atoms with van der Waals surface area (Å²) in [7, 11) is 0. The Bertz CT molecular complexity index is 1080. The smallest absolute Gasteiger partial charge is 0.303 e. The van der Waals surface area contributed by atoms with Gasteiger partial charge in [0.2, 0.25) is 0 Å². The van der Waals surface area contributed by atoms with E-state index in [2.05, 4.69) is 10.3 Å². The van der Waals surface area contributed by atoms with Crippen LogP contribution in [0, 0.1) is 0 Å². The summed E-state index contributed by atoms with van der Waals surface area (Å²) in [4.78, 5) is 64.6. The minimum absolute atomic E-state index is 0.142. The molecule has 3 rings (SSSR count). The van der Waals surface area contributed by atoms with E-state index >= 15 is 0 Å². The second-order valence-corrected chi connectivity index (χ2v) is 9.67. The van der Waals surface area contributed by atoms with Gasteiger partial charge in [0.1, 0.15) is 18.4 Å². The molecule has 5 atom stereocenters. The molecule has 0 saturated carbocycles. The van der Waals surface area contributed by atoms with Gasteiger partial charge in [-0.25, -0.2) is 4.99 Å². The number of thioether (sulfide) groups is 1. The van der Waals surface area contributed by atoms with Gasteiger partial charge < -0.3 is 23.7 Å². The number of nitrogens with one attached hydrogen (secondary N) is 1. The number of amidine groups is 1. The number of aliphatic imine (C=N–C) groups is 1. The zero-order chi connectivity index (χ0) is 26.4. The summed E-state index contributed by atoms with van der Waals surface area (Å²) in [6, 6.07) is 3.66. The molecule has 0 radical (unpaired) electrons. The molecule has 1 N–H and O–H groups in total. The first-order valence-corrected chi connectivity index (χ1v) is 12.4. The molecule has 0 aromatic carbocycles. The Hall–Kier alpha value is -3.23. The van der Waals surface area contributed by atoms with Gasteiger partial charge >= 0.3 is 23.9 Å². The van der Waals surface area contributed by atoms with Crippen LogP contribution in [0.1, 0.15) is 32.6 Å². The highest BCUT2D eigenvalue weighted by Gasteiger charge is 2.53. The standard InChI is InChI=1S/C22H24N2O10S2/c1-10(25)30-9-16-17(31-11(2)26)18(32-12(3)27)19(33-13(4)28)21(34-16)36-22-23-15(20(29)24-22)8-14-6-5-7-35-14/h5-8,16-19,21H,9H2,1-4H3,(H,23,24,29)/b15-8-/t16-,17+,18+,19+,21+/m1/s1. The Labute approximate surface area is 214 Å². The summed E-state index contributed by atoms with van der Waals surface area (Å²) in [5.74, 6) is -3.25. The van der Waals surface area contributed by atoms with Gasteiger partial charge in [-0.1, -0.05) is 17.8 Å². The average Bonchev–Trinajstić information content (AvgIpc) is 3.40. The van der Waals surface area contributed by atoms with Crippen LogP contribution in [-0.4, -0.2) is 71.4 Å². The first-order valence-electron chi connectivity index (χ1n) is 10.7. The predicted octanol–water partition coefficient (Wildman–Crippen LogP) is 1.39. The lowest BCUT2D eigenvalue weighted by Gasteiger charge is -2.44. The van der Waals surface area contributed by atoms with Gasteiger partial charge in [0.25, 0.3) is 5.91 Å². The molecule has 194 valence electrons. The van der Waals surface area contributed by atoms with E-state index in [1.807, 2.05) is 17.5 Å². The molecular weight excluding hydrogens is 516 g/mol. The van der Waals surface area contributed by atoms with E-state index < -0.39 is 59.6 Å². The number of hydrogen-bond donors (Lipinski definition) is 1. The van der Waals surface area contributed by atoms with Crippen LogP contribution in [0.4, 0.5) is 0 Å². The van der Waals surface area contributed by atoms with Gasteiger partial charge in [-0.15, -0.1) is 11.3 Å². The van der Waals surface area contributed by atoms with E-state index in [1.165, 1.54) is 18.3 Å². The first-order chi connectivity index (χ1) is 17.0. The molecule has 0 bridgehead atoms. The first kappa shape index (κ1) is 27.4. The van der Waals surface area contributed by atoms with E-state index in [-0.39, 0.29) is 17.5 Å². The van der Waals surface area contributed by atoms with Crippen molar-refractivity contribution in [3.8, 4) is 0 Å². The molecule has 1 aromatic rings. The Kier molecular flexibility index (Phi) is 9.23. The highest BCUT2D eigenvalue weighted by atomic mass is 32.2. The minimum atomic E-state index is -1.30. The van der Waals surface area contributed by atoms with Crippen molar-refractivity contribution in [2.24, 2.45) is 4.99 Å². The lowest BCUT2D eigenvalue weighted by atomic mass is 9.99. The van der Waals surface area contributed by atoms with Gasteiger partial charge in [-0.05, 0) is 17.5 Å². The number of carbonyl (C=O) groups excluding carboxylic acids is 5. The Morgan fingerprint density at radius 2 is 1.67 bits per heavy atom. The van der Waals surface area contributed by atoms with Crippen molar-refractivity contribution in [2.45, 2.75) is 57.5 Å². The van der Waals surface area contributed by atoms with E-state index in [0.29, 0.717) is 0 Å². The molecule has 1 amide bonds. The third-order valence-electron chi connectivity index (χ3n) is 4.67. The van der Waals surface area contributed by atoms with Gasteiger partial charge in [0.15, 0.2) is 28.9 Å². The third kappa shape index (κ3) is 7.38. The molecule has 1 saturated heterocycles. The summed E-state index contributed by atoms with van der Waals surface area (Å²) in [6.45, 7) is 4.26. The summed E-state index contributed by atoms with van der Waals surface area (Å²) in [5, 5.41) is 4.61. The van der Waals surface area contributed by atoms with Crippen LogP contribution in [0.15, 0.2) is 28.2 Å². The van der Waals surface area contributed by atoms with E-state index in [1.54, 1.807) is 6.08 Å². The molecule has 1 aromatic heterocycles. The molecule has 0 spiro atoms. The highest BCUT2D eigenvalue weighted by Crippen LogP contribution is 2.35. The fourth-order valence-electron chi connectivity index (χ4n) is 3.40. The van der Waals surface area contributed by atoms with Crippen LogP contribution in [-0.2, 0) is 47.7 Å². The molecule has 3 heterocycles. The number of ether oxygens (including phenoxy) is 5. The Balaban J connectivity index is 1.94. The lowest BCUT2D eigenvalue weighted by Crippen LogP contribution is -2.61. The van der Waals surface area contributed by atoms with Crippen LogP contribution in [0.25, 0.3) is 6.08 Å². The monoisotopic (exact) mass is 540 g/mol. The van der Waals surface area contributed by atoms with Crippen LogP contribution < -0.4 is 5.32 Å². The number of carbonyl (C=O) groups is 5. The van der Waals surface area contributed by atoms with Crippen LogP contribution in [0.2, 0.25) is 0 Å². The van der Waals surface area contributed by atoms with Crippen LogP contribution in [0.5, 0.6) is 0 Å². The number of hydrogen-bond acceptors (Lipinski definition) is 13. The Morgan fingerprint density at radius 1 is 1.03 bits per heavy atom. The van der Waals surface area contributed by atoms with Crippen molar-refractivity contribution >= 4 is 64.1 Å². The largest absolute Gasteiger partial charge is 0.463 e. The summed E-state index contributed by atoms with van der Waals surface area (Å²) < 4.78 is 27.2. The lowest BCUT2D eigenvalue weighted by molar-refractivity contribution is -0.237. The number of nitrogens with zero attached hydrogens (tertiary/aromatic N) is 1. The molecular formula is C22H24N2O10S2. The van der Waals surface area contributed by atoms with Crippen molar-refractivity contribution in [1.29, 1.82) is 0 Å². The topological polar surface area (TPSA) is 156 Å². The number of amides is 1. The van der Waals surface area contributed by atoms with Gasteiger partial charge in [0.05, 0.1) is 0 Å². The number of rotatable bonds is 7. The maximum atomic E-state index is 12.4. The number of esters is 4. The zero-order valence-electron chi connectivity index (χ0n) is 19.7. The molecule has 0 aliphatic carbocycles. The molecule has 36 heavy (non-hydrogen) atoms. The molecule has 14 heteroatoms. The molecule has 1 fully saturated rings. The molecule has 0 unspecified atom stereocenters. The molecule has 2 aliphatic heterocycles. The minimum Gasteiger partial charge on any atom is -0.463 e. The second kappa shape index (κ2) is 12.1. The van der Waals surface area contributed by atoms with Crippen LogP contribution >= 0.6 is 23.1 Å². The summed E-state index contributed by atoms with van der Waals surface area (Å²) in [6.07, 6.45) is -3.31. The van der Waals surface area contributed by atoms with E-state index in [0.717, 1.165) is 37.4 Å². The maximum Gasteiger partial charge on any atom is 0.303 e. The fraction of sp³-hybridized carbons (Fsp3) is 0.455. The molecule has 2 aliphatic rings. The highest BCUT2D eigenvalue weighted by molar-refractivity contribution is 8.14. The van der Waals surface area contributed by atoms with E-state index in [9.17, 15) is 24.0 Å². The van der Waals surface area contributed by atoms with Gasteiger partial charge in [-0.2, -0.15) is 0 Å². The van der Waals surface area contributed by atoms with Gasteiger partial charge in [0, 0.05) is 32.6 Å². The van der Waals surface area contributed by atoms with Crippen molar-refractivity contribution in [1.82, 2.24) is 5.32 Å². The van der Waals surface area contributed by atoms with Crippen molar-refractivity contribution < 1.29 is 47.7 Å². The SMILES string of the molecule is CC(=O)OC[C@H]1O[C@@H](SC2=N/C(=C\c3cccs3)C(=O)N2)[C@@H](OC(C)=O)[C@@H](OC(C)=O)[C@H]1OC(C)=O. The third-order valence-corrected chi connectivity index (χ3v) is 6.52. The van der Waals surface area contributed by atoms with E-state index in [4.69, 9.17) is 23.7 Å². The summed E-state index contributed by atoms with van der Waals surface area (Å²) >= 11 is 2.33. The average molecular weight is 541 g/mol. The second-order valence-electron chi connectivity index (χ2n) is 7.60. The normalized spacial score (nSPS) is 26.6. The Morgan fingerprint density at radius 3 is 2.25 bits per heavy atom. The van der Waals surface area contributed by atoms with Crippen molar-refractivity contribution in [3.63, 3.8) is 0 Å².